The number of rotatable bonds is 3. The van der Waals surface area contributed by atoms with Gasteiger partial charge in [-0.3, -0.25) is 10.00 Å². The Bertz CT molecular complexity index is 820. The predicted octanol–water partition coefficient (Wildman–Crippen LogP) is 0.504. The summed E-state index contributed by atoms with van der Waals surface area (Å²) < 4.78 is 1.58. The van der Waals surface area contributed by atoms with Gasteiger partial charge < -0.3 is 15.1 Å². The van der Waals surface area contributed by atoms with Crippen LogP contribution in [-0.4, -0.2) is 76.1 Å². The Labute approximate surface area is 158 Å². The van der Waals surface area contributed by atoms with E-state index < -0.39 is 0 Å². The number of carbonyl (C=O) groups excluding carboxylic acids is 1. The molecule has 3 unspecified atom stereocenters. The van der Waals surface area contributed by atoms with E-state index in [1.165, 1.54) is 5.56 Å². The normalized spacial score (nSPS) is 34.3. The van der Waals surface area contributed by atoms with E-state index in [-0.39, 0.29) is 17.5 Å². The number of aryl methyl sites for hydroxylation is 1. The number of urea groups is 1. The van der Waals surface area contributed by atoms with E-state index in [2.05, 4.69) is 61.1 Å². The molecule has 4 saturated heterocycles. The van der Waals surface area contributed by atoms with Crippen molar-refractivity contribution in [3.8, 4) is 0 Å². The van der Waals surface area contributed by atoms with Crippen molar-refractivity contribution in [2.75, 3.05) is 44.6 Å². The monoisotopic (exact) mass is 367 g/mol. The van der Waals surface area contributed by atoms with Gasteiger partial charge in [0.2, 0.25) is 0 Å². The lowest BCUT2D eigenvalue weighted by Crippen LogP contribution is -2.71. The fourth-order valence-electron chi connectivity index (χ4n) is 5.27. The highest BCUT2D eigenvalue weighted by Crippen LogP contribution is 2.43. The number of fused-ring (bicyclic) bond motifs is 1. The van der Waals surface area contributed by atoms with Gasteiger partial charge >= 0.3 is 6.03 Å². The highest BCUT2D eigenvalue weighted by Gasteiger charge is 2.55. The van der Waals surface area contributed by atoms with Crippen molar-refractivity contribution >= 4 is 11.8 Å². The zero-order chi connectivity index (χ0) is 18.4. The smallest absolute Gasteiger partial charge is 0.320 e. The molecule has 2 aromatic rings. The van der Waals surface area contributed by atoms with Gasteiger partial charge in [-0.1, -0.05) is 35.5 Å². The predicted molar refractivity (Wildman–Crippen MR) is 101 cm³/mol. The highest BCUT2D eigenvalue weighted by molar-refractivity contribution is 5.88. The van der Waals surface area contributed by atoms with Crippen LogP contribution in [0.1, 0.15) is 5.56 Å². The number of benzene rings is 1. The maximum Gasteiger partial charge on any atom is 0.320 e. The average molecular weight is 367 g/mol. The summed E-state index contributed by atoms with van der Waals surface area (Å²) in [5, 5.41) is 14.0. The molecular formula is C19H25N7O. The van der Waals surface area contributed by atoms with Gasteiger partial charge in [0.25, 0.3) is 0 Å². The molecule has 4 bridgehead atoms. The van der Waals surface area contributed by atoms with Crippen LogP contribution in [0, 0.1) is 5.92 Å². The number of carbonyl (C=O) groups is 1. The molecule has 0 saturated carbocycles. The first-order chi connectivity index (χ1) is 13.1. The van der Waals surface area contributed by atoms with Crippen LogP contribution in [0.25, 0.3) is 0 Å². The Morgan fingerprint density at radius 1 is 1.15 bits per heavy atom. The van der Waals surface area contributed by atoms with E-state index in [1.807, 2.05) is 0 Å². The van der Waals surface area contributed by atoms with Gasteiger partial charge in [0.1, 0.15) is 0 Å². The third-order valence-corrected chi connectivity index (χ3v) is 6.28. The van der Waals surface area contributed by atoms with Crippen LogP contribution in [0.2, 0.25) is 0 Å². The molecule has 4 aliphatic rings. The molecule has 142 valence electrons. The summed E-state index contributed by atoms with van der Waals surface area (Å²) in [5.74, 6) is 0.889. The SMILES string of the molecule is Cn1cc(NC(=O)NC2C3CN4CCN(C3)CC2(c2ccccc2)C4)nn1. The Morgan fingerprint density at radius 2 is 1.85 bits per heavy atom. The zero-order valence-corrected chi connectivity index (χ0v) is 15.5. The standard InChI is InChI=1S/C19H25N7O/c1-24-11-16(22-23-24)20-18(27)21-17-14-9-25-7-8-26(10-14)13-19(17,12-25)15-5-3-2-4-6-15/h2-6,11,14,17H,7-10,12-13H2,1H3,(H2,20,21,27). The summed E-state index contributed by atoms with van der Waals surface area (Å²) in [5.41, 5.74) is 1.23. The molecule has 2 amide bonds. The molecule has 0 spiro atoms. The van der Waals surface area contributed by atoms with Gasteiger partial charge in [0, 0.05) is 63.7 Å². The minimum Gasteiger partial charge on any atom is -0.334 e. The topological polar surface area (TPSA) is 78.3 Å². The second-order valence-electron chi connectivity index (χ2n) is 8.11. The summed E-state index contributed by atoms with van der Waals surface area (Å²) in [4.78, 5) is 17.9. The quantitative estimate of drug-likeness (QED) is 0.826. The van der Waals surface area contributed by atoms with Gasteiger partial charge in [-0.05, 0) is 5.56 Å². The van der Waals surface area contributed by atoms with Crippen LogP contribution in [0.4, 0.5) is 10.6 Å². The van der Waals surface area contributed by atoms with E-state index in [4.69, 9.17) is 0 Å². The lowest BCUT2D eigenvalue weighted by atomic mass is 9.64. The number of amides is 2. The van der Waals surface area contributed by atoms with Crippen molar-refractivity contribution in [2.45, 2.75) is 11.5 Å². The molecule has 0 aliphatic carbocycles. The zero-order valence-electron chi connectivity index (χ0n) is 15.5. The molecule has 5 heterocycles. The molecule has 1 aromatic heterocycles. The third-order valence-electron chi connectivity index (χ3n) is 6.28. The fourth-order valence-corrected chi connectivity index (χ4v) is 5.27. The summed E-state index contributed by atoms with van der Waals surface area (Å²) in [7, 11) is 1.78. The largest absolute Gasteiger partial charge is 0.334 e. The molecule has 6 rings (SSSR count). The lowest BCUT2D eigenvalue weighted by molar-refractivity contribution is 0.0238. The van der Waals surface area contributed by atoms with Gasteiger partial charge in [-0.15, -0.1) is 5.10 Å². The number of anilines is 1. The second-order valence-corrected chi connectivity index (χ2v) is 8.11. The van der Waals surface area contributed by atoms with Gasteiger partial charge in [-0.25, -0.2) is 4.79 Å². The molecule has 8 nitrogen and oxygen atoms in total. The van der Waals surface area contributed by atoms with E-state index >= 15 is 0 Å². The Hall–Kier alpha value is -2.45. The molecule has 1 aromatic carbocycles. The molecular weight excluding hydrogens is 342 g/mol. The lowest BCUT2D eigenvalue weighted by Gasteiger charge is -2.55. The summed E-state index contributed by atoms with van der Waals surface area (Å²) in [6.07, 6.45) is 1.70. The number of nitrogens with zero attached hydrogens (tertiary/aromatic N) is 5. The first-order valence-electron chi connectivity index (χ1n) is 9.56. The van der Waals surface area contributed by atoms with Crippen molar-refractivity contribution in [1.82, 2.24) is 30.1 Å². The van der Waals surface area contributed by atoms with Gasteiger partial charge in [0.05, 0.1) is 6.20 Å². The van der Waals surface area contributed by atoms with E-state index in [1.54, 1.807) is 17.9 Å². The molecule has 27 heavy (non-hydrogen) atoms. The number of aromatic nitrogens is 3. The summed E-state index contributed by atoms with van der Waals surface area (Å²) >= 11 is 0. The van der Waals surface area contributed by atoms with E-state index in [9.17, 15) is 4.79 Å². The molecule has 2 N–H and O–H groups in total. The third kappa shape index (κ3) is 2.89. The molecule has 3 atom stereocenters. The first-order valence-corrected chi connectivity index (χ1v) is 9.56. The maximum absolute atomic E-state index is 12.7. The van der Waals surface area contributed by atoms with Crippen LogP contribution in [0.5, 0.6) is 0 Å². The van der Waals surface area contributed by atoms with Gasteiger partial charge in [-0.2, -0.15) is 0 Å². The molecule has 4 fully saturated rings. The Morgan fingerprint density at radius 3 is 2.48 bits per heavy atom. The van der Waals surface area contributed by atoms with Crippen molar-refractivity contribution in [3.63, 3.8) is 0 Å². The van der Waals surface area contributed by atoms with Crippen LogP contribution in [0.15, 0.2) is 36.5 Å². The fraction of sp³-hybridized carbons (Fsp3) is 0.526. The van der Waals surface area contributed by atoms with Crippen molar-refractivity contribution in [2.24, 2.45) is 13.0 Å². The van der Waals surface area contributed by atoms with E-state index in [0.717, 1.165) is 39.3 Å². The number of piperidine rings is 2. The first kappa shape index (κ1) is 16.7. The second kappa shape index (κ2) is 6.31. The van der Waals surface area contributed by atoms with Crippen molar-refractivity contribution in [1.29, 1.82) is 0 Å². The summed E-state index contributed by atoms with van der Waals surface area (Å²) in [6.45, 7) is 6.29. The van der Waals surface area contributed by atoms with E-state index in [0.29, 0.717) is 11.7 Å². The van der Waals surface area contributed by atoms with Crippen molar-refractivity contribution in [3.05, 3.63) is 42.1 Å². The number of hydrogen-bond donors (Lipinski definition) is 2. The van der Waals surface area contributed by atoms with Gasteiger partial charge in [0.15, 0.2) is 5.82 Å². The maximum atomic E-state index is 12.7. The molecule has 4 aliphatic heterocycles. The Kier molecular flexibility index (Phi) is 3.91. The average Bonchev–Trinajstić information content (AvgIpc) is 2.90. The highest BCUT2D eigenvalue weighted by atomic mass is 16.2. The van der Waals surface area contributed by atoms with Crippen LogP contribution < -0.4 is 10.6 Å². The van der Waals surface area contributed by atoms with Crippen molar-refractivity contribution < 1.29 is 4.79 Å². The minimum atomic E-state index is -0.202. The van der Waals surface area contributed by atoms with Crippen LogP contribution in [0.3, 0.4) is 0 Å². The number of hydrogen-bond acceptors (Lipinski definition) is 5. The van der Waals surface area contributed by atoms with Crippen LogP contribution in [-0.2, 0) is 12.5 Å². The summed E-state index contributed by atoms with van der Waals surface area (Å²) in [6, 6.07) is 10.6. The van der Waals surface area contributed by atoms with Crippen LogP contribution >= 0.6 is 0 Å². The minimum absolute atomic E-state index is 0.0847. The molecule has 0 radical (unpaired) electrons. The Balaban J connectivity index is 1.45. The number of nitrogens with one attached hydrogen (secondary N) is 2. The molecule has 8 heteroatoms.